The first kappa shape index (κ1) is 7.65. The number of halogens is 1. The van der Waals surface area contributed by atoms with Gasteiger partial charge in [-0.15, -0.1) is 0 Å². The number of aromatic hydroxyl groups is 1. The van der Waals surface area contributed by atoms with Gasteiger partial charge in [-0.25, -0.2) is 4.39 Å². The first-order chi connectivity index (χ1) is 5.16. The van der Waals surface area contributed by atoms with Gasteiger partial charge in [0, 0.05) is 0 Å². The number of hydrogen-bond acceptors (Lipinski definition) is 3. The van der Waals surface area contributed by atoms with Crippen molar-refractivity contribution in [3.63, 3.8) is 0 Å². The molecule has 0 fully saturated rings. The molecule has 0 aliphatic carbocycles. The zero-order valence-corrected chi connectivity index (χ0v) is 5.97. The molecule has 1 aromatic carbocycles. The first-order valence-corrected chi connectivity index (χ1v) is 2.97. The van der Waals surface area contributed by atoms with Crippen molar-refractivity contribution in [2.45, 2.75) is 0 Å². The summed E-state index contributed by atoms with van der Waals surface area (Å²) in [5.41, 5.74) is 5.06. The summed E-state index contributed by atoms with van der Waals surface area (Å²) in [7, 11) is 1.38. The fourth-order valence-corrected chi connectivity index (χ4v) is 0.742. The number of rotatable bonds is 1. The van der Waals surface area contributed by atoms with E-state index in [9.17, 15) is 4.39 Å². The van der Waals surface area contributed by atoms with Crippen LogP contribution in [0.25, 0.3) is 0 Å². The van der Waals surface area contributed by atoms with Crippen molar-refractivity contribution in [2.24, 2.45) is 0 Å². The Kier molecular flexibility index (Phi) is 1.85. The molecule has 0 amide bonds. The summed E-state index contributed by atoms with van der Waals surface area (Å²) in [5, 5.41) is 8.81. The third kappa shape index (κ3) is 1.19. The van der Waals surface area contributed by atoms with Crippen molar-refractivity contribution in [1.29, 1.82) is 0 Å². The van der Waals surface area contributed by atoms with Gasteiger partial charge in [0.15, 0.2) is 11.6 Å². The molecule has 1 rings (SSSR count). The Hall–Kier alpha value is -1.45. The molecule has 4 heteroatoms. The van der Waals surface area contributed by atoms with Crippen LogP contribution in [-0.4, -0.2) is 12.2 Å². The fraction of sp³-hybridized carbons (Fsp3) is 0.143. The summed E-state index contributed by atoms with van der Waals surface area (Å²) in [6.45, 7) is 0. The fourth-order valence-electron chi connectivity index (χ4n) is 0.742. The minimum atomic E-state index is -0.843. The highest BCUT2D eigenvalue weighted by Gasteiger charge is 2.08. The van der Waals surface area contributed by atoms with Crippen LogP contribution in [0.2, 0.25) is 0 Å². The molecule has 0 heterocycles. The number of nitrogen functional groups attached to an aromatic ring is 1. The van der Waals surface area contributed by atoms with E-state index in [0.29, 0.717) is 0 Å². The summed E-state index contributed by atoms with van der Waals surface area (Å²) < 4.78 is 17.4. The number of nitrogens with two attached hydrogens (primary N) is 1. The number of phenols is 1. The molecule has 0 bridgehead atoms. The van der Waals surface area contributed by atoms with E-state index in [-0.39, 0.29) is 11.4 Å². The molecule has 11 heavy (non-hydrogen) atoms. The maximum atomic E-state index is 12.7. The molecule has 0 atom stereocenters. The molecule has 0 radical (unpaired) electrons. The number of anilines is 1. The van der Waals surface area contributed by atoms with Crippen molar-refractivity contribution < 1.29 is 14.2 Å². The van der Waals surface area contributed by atoms with Crippen LogP contribution < -0.4 is 10.5 Å². The van der Waals surface area contributed by atoms with E-state index in [0.717, 1.165) is 0 Å². The summed E-state index contributed by atoms with van der Waals surface area (Å²) in [6, 6.07) is 2.58. The van der Waals surface area contributed by atoms with Gasteiger partial charge >= 0.3 is 0 Å². The van der Waals surface area contributed by atoms with Crippen LogP contribution in [0, 0.1) is 5.82 Å². The van der Waals surface area contributed by atoms with Crippen LogP contribution in [0.5, 0.6) is 11.5 Å². The first-order valence-electron chi connectivity index (χ1n) is 2.97. The van der Waals surface area contributed by atoms with E-state index in [2.05, 4.69) is 0 Å². The summed E-state index contributed by atoms with van der Waals surface area (Å²) in [6.07, 6.45) is 0. The molecule has 0 aromatic heterocycles. The van der Waals surface area contributed by atoms with E-state index in [1.165, 1.54) is 19.2 Å². The van der Waals surface area contributed by atoms with Crippen LogP contribution in [-0.2, 0) is 0 Å². The average molecular weight is 157 g/mol. The summed E-state index contributed by atoms with van der Waals surface area (Å²) in [4.78, 5) is 0. The minimum absolute atomic E-state index is 0.174. The number of methoxy groups -OCH3 is 1. The van der Waals surface area contributed by atoms with Gasteiger partial charge in [-0.05, 0) is 12.1 Å². The largest absolute Gasteiger partial charge is 0.505 e. The third-order valence-electron chi connectivity index (χ3n) is 1.34. The van der Waals surface area contributed by atoms with E-state index in [1.807, 2.05) is 0 Å². The monoisotopic (exact) mass is 157 g/mol. The second-order valence-corrected chi connectivity index (χ2v) is 2.01. The molecule has 3 nitrogen and oxygen atoms in total. The van der Waals surface area contributed by atoms with Crippen molar-refractivity contribution in [3.05, 3.63) is 17.9 Å². The zero-order valence-electron chi connectivity index (χ0n) is 5.97. The third-order valence-corrected chi connectivity index (χ3v) is 1.34. The smallest absolute Gasteiger partial charge is 0.191 e. The van der Waals surface area contributed by atoms with Gasteiger partial charge in [0.2, 0.25) is 0 Å². The Labute approximate surface area is 63.2 Å². The normalized spacial score (nSPS) is 9.64. The van der Waals surface area contributed by atoms with Crippen molar-refractivity contribution in [2.75, 3.05) is 12.8 Å². The Morgan fingerprint density at radius 1 is 1.55 bits per heavy atom. The Morgan fingerprint density at radius 3 is 2.73 bits per heavy atom. The molecule has 0 spiro atoms. The quantitative estimate of drug-likeness (QED) is 0.600. The lowest BCUT2D eigenvalue weighted by Gasteiger charge is -2.04. The standard InChI is InChI=1S/C7H8FNO2/c1-11-5-3-2-4(10)6(8)7(5)9/h2-3,10H,9H2,1H3. The lowest BCUT2D eigenvalue weighted by Crippen LogP contribution is -1.95. The van der Waals surface area contributed by atoms with Crippen LogP contribution in [0.1, 0.15) is 0 Å². The molecule has 60 valence electrons. The van der Waals surface area contributed by atoms with Gasteiger partial charge < -0.3 is 15.6 Å². The van der Waals surface area contributed by atoms with Crippen LogP contribution in [0.4, 0.5) is 10.1 Å². The average Bonchev–Trinajstić information content (AvgIpc) is 2.01. The van der Waals surface area contributed by atoms with Gasteiger partial charge in [-0.1, -0.05) is 0 Å². The van der Waals surface area contributed by atoms with E-state index < -0.39 is 11.6 Å². The van der Waals surface area contributed by atoms with Gasteiger partial charge in [0.05, 0.1) is 7.11 Å². The van der Waals surface area contributed by atoms with Crippen molar-refractivity contribution >= 4 is 5.69 Å². The zero-order chi connectivity index (χ0) is 8.43. The molecular weight excluding hydrogens is 149 g/mol. The topological polar surface area (TPSA) is 55.5 Å². The van der Waals surface area contributed by atoms with Crippen LogP contribution in [0.3, 0.4) is 0 Å². The molecule has 3 N–H and O–H groups in total. The van der Waals surface area contributed by atoms with Gasteiger partial charge in [-0.3, -0.25) is 0 Å². The highest BCUT2D eigenvalue weighted by molar-refractivity contribution is 5.57. The Morgan fingerprint density at radius 2 is 2.18 bits per heavy atom. The summed E-state index contributed by atoms with van der Waals surface area (Å²) >= 11 is 0. The number of ether oxygens (including phenoxy) is 1. The Balaban J connectivity index is 3.25. The molecule has 0 aliphatic heterocycles. The molecule has 0 saturated carbocycles. The number of hydrogen-bond donors (Lipinski definition) is 2. The lowest BCUT2D eigenvalue weighted by atomic mass is 10.2. The predicted octanol–water partition coefficient (Wildman–Crippen LogP) is 1.12. The van der Waals surface area contributed by atoms with Gasteiger partial charge in [0.1, 0.15) is 11.4 Å². The van der Waals surface area contributed by atoms with E-state index >= 15 is 0 Å². The molecular formula is C7H8FNO2. The Bertz CT molecular complexity index is 275. The SMILES string of the molecule is COc1ccc(O)c(F)c1N. The highest BCUT2D eigenvalue weighted by atomic mass is 19.1. The van der Waals surface area contributed by atoms with Crippen LogP contribution >= 0.6 is 0 Å². The lowest BCUT2D eigenvalue weighted by molar-refractivity contribution is 0.403. The number of benzene rings is 1. The number of phenolic OH excluding ortho intramolecular Hbond substituents is 1. The molecule has 0 aliphatic rings. The van der Waals surface area contributed by atoms with E-state index in [1.54, 1.807) is 0 Å². The maximum Gasteiger partial charge on any atom is 0.191 e. The van der Waals surface area contributed by atoms with Crippen molar-refractivity contribution in [3.8, 4) is 11.5 Å². The second-order valence-electron chi connectivity index (χ2n) is 2.01. The van der Waals surface area contributed by atoms with Gasteiger partial charge in [-0.2, -0.15) is 0 Å². The molecule has 0 unspecified atom stereocenters. The molecule has 0 saturated heterocycles. The van der Waals surface area contributed by atoms with E-state index in [4.69, 9.17) is 15.6 Å². The van der Waals surface area contributed by atoms with Crippen LogP contribution in [0.15, 0.2) is 12.1 Å². The minimum Gasteiger partial charge on any atom is -0.505 e. The molecule has 1 aromatic rings. The van der Waals surface area contributed by atoms with Crippen molar-refractivity contribution in [1.82, 2.24) is 0 Å². The second kappa shape index (κ2) is 2.65. The predicted molar refractivity (Wildman–Crippen MR) is 39.0 cm³/mol. The summed E-state index contributed by atoms with van der Waals surface area (Å²) in [5.74, 6) is -1.09. The maximum absolute atomic E-state index is 12.7. The highest BCUT2D eigenvalue weighted by Crippen LogP contribution is 2.29. The van der Waals surface area contributed by atoms with Gasteiger partial charge in [0.25, 0.3) is 0 Å².